The maximum absolute atomic E-state index is 6.17. The van der Waals surface area contributed by atoms with E-state index in [1.165, 1.54) is 20.2 Å². The monoisotopic (exact) mass is 657 g/mol. The summed E-state index contributed by atoms with van der Waals surface area (Å²) in [5, 5.41) is 4.77. The van der Waals surface area contributed by atoms with Crippen LogP contribution in [0.5, 0.6) is 0 Å². The highest BCUT2D eigenvalue weighted by Crippen LogP contribution is 2.37. The number of furan rings is 1. The summed E-state index contributed by atoms with van der Waals surface area (Å²) >= 11 is 1.79. The van der Waals surface area contributed by atoms with Gasteiger partial charge >= 0.3 is 0 Å². The Hall–Kier alpha value is -6.43. The Bertz CT molecular complexity index is 2870. The number of thiophene rings is 1. The molecule has 10 rings (SSSR count). The van der Waals surface area contributed by atoms with Crippen LogP contribution in [0.1, 0.15) is 0 Å². The van der Waals surface area contributed by atoms with Gasteiger partial charge in [0.1, 0.15) is 11.2 Å². The lowest BCUT2D eigenvalue weighted by Gasteiger charge is -2.10. The van der Waals surface area contributed by atoms with Crippen LogP contribution in [-0.4, -0.2) is 15.0 Å². The number of aromatic nitrogens is 3. The van der Waals surface area contributed by atoms with Crippen molar-refractivity contribution in [3.05, 3.63) is 164 Å². The van der Waals surface area contributed by atoms with E-state index in [-0.39, 0.29) is 0 Å². The van der Waals surface area contributed by atoms with Gasteiger partial charge in [-0.3, -0.25) is 0 Å². The SMILES string of the molecule is c1ccc(-c2cccc(-c3nc(-c4ccc(-c5ccc6c(c5)oc5ccccc56)cc4)nc(-c4ccc5c(c4)sc4ccccc45)n3)c2)cc1. The molecule has 5 heteroatoms. The number of hydrogen-bond acceptors (Lipinski definition) is 5. The van der Waals surface area contributed by atoms with Gasteiger partial charge in [0, 0.05) is 47.6 Å². The Kier molecular flexibility index (Phi) is 6.64. The summed E-state index contributed by atoms with van der Waals surface area (Å²) in [5.74, 6) is 1.92. The van der Waals surface area contributed by atoms with Gasteiger partial charge < -0.3 is 4.42 Å². The van der Waals surface area contributed by atoms with E-state index < -0.39 is 0 Å². The largest absolute Gasteiger partial charge is 0.456 e. The molecule has 0 atom stereocenters. The lowest BCUT2D eigenvalue weighted by molar-refractivity contribution is 0.669. The zero-order valence-corrected chi connectivity index (χ0v) is 27.6. The lowest BCUT2D eigenvalue weighted by atomic mass is 10.0. The minimum atomic E-state index is 0.630. The Morgan fingerprint density at radius 1 is 0.320 bits per heavy atom. The van der Waals surface area contributed by atoms with Gasteiger partial charge in [0.05, 0.1) is 0 Å². The molecule has 3 aromatic heterocycles. The highest BCUT2D eigenvalue weighted by Gasteiger charge is 2.15. The third-order valence-electron chi connectivity index (χ3n) is 9.36. The van der Waals surface area contributed by atoms with Gasteiger partial charge in [-0.1, -0.05) is 127 Å². The standard InChI is InChI=1S/C45H27N3OS/c1-2-9-28(10-3-1)31-11-8-12-33(25-31)44-46-43(47-45(48-44)34-22-24-38-37-14-5-7-16-41(37)50-42(38)27-34)30-19-17-29(18-20-30)32-21-23-36-35-13-4-6-15-39(35)49-40(36)26-32/h1-27H. The van der Waals surface area contributed by atoms with Crippen LogP contribution in [0.25, 0.3) is 98.5 Å². The smallest absolute Gasteiger partial charge is 0.164 e. The van der Waals surface area contributed by atoms with Crippen molar-refractivity contribution < 1.29 is 4.42 Å². The number of fused-ring (bicyclic) bond motifs is 6. The molecule has 0 saturated carbocycles. The van der Waals surface area contributed by atoms with Crippen LogP contribution >= 0.6 is 11.3 Å². The Morgan fingerprint density at radius 3 is 1.68 bits per heavy atom. The van der Waals surface area contributed by atoms with E-state index in [4.69, 9.17) is 19.4 Å². The Morgan fingerprint density at radius 2 is 0.840 bits per heavy atom. The first-order valence-corrected chi connectivity index (χ1v) is 17.4. The van der Waals surface area contributed by atoms with Crippen LogP contribution in [-0.2, 0) is 0 Å². The summed E-state index contributed by atoms with van der Waals surface area (Å²) < 4.78 is 8.66. The molecule has 0 radical (unpaired) electrons. The number of para-hydroxylation sites is 1. The summed E-state index contributed by atoms with van der Waals surface area (Å²) in [6, 6.07) is 56.9. The predicted molar refractivity (Wildman–Crippen MR) is 207 cm³/mol. The molecule has 0 bridgehead atoms. The minimum Gasteiger partial charge on any atom is -0.456 e. The Labute approximate surface area is 292 Å². The van der Waals surface area contributed by atoms with Crippen molar-refractivity contribution in [2.75, 3.05) is 0 Å². The van der Waals surface area contributed by atoms with Crippen molar-refractivity contribution in [1.29, 1.82) is 0 Å². The van der Waals surface area contributed by atoms with Crippen molar-refractivity contribution in [3.8, 4) is 56.4 Å². The zero-order chi connectivity index (χ0) is 33.0. The first kappa shape index (κ1) is 28.6. The molecule has 0 spiro atoms. The van der Waals surface area contributed by atoms with Crippen LogP contribution in [0.15, 0.2) is 168 Å². The molecule has 0 unspecified atom stereocenters. The van der Waals surface area contributed by atoms with Crippen molar-refractivity contribution >= 4 is 53.4 Å². The molecule has 0 aliphatic rings. The molecule has 3 heterocycles. The fourth-order valence-corrected chi connectivity index (χ4v) is 7.96. The molecule has 0 aliphatic carbocycles. The van der Waals surface area contributed by atoms with Crippen LogP contribution in [0.3, 0.4) is 0 Å². The highest BCUT2D eigenvalue weighted by atomic mass is 32.1. The maximum atomic E-state index is 6.17. The lowest BCUT2D eigenvalue weighted by Crippen LogP contribution is -2.00. The van der Waals surface area contributed by atoms with E-state index in [0.29, 0.717) is 17.5 Å². The van der Waals surface area contributed by atoms with Crippen LogP contribution in [0.2, 0.25) is 0 Å². The summed E-state index contributed by atoms with van der Waals surface area (Å²) in [7, 11) is 0. The summed E-state index contributed by atoms with van der Waals surface area (Å²) in [4.78, 5) is 15.2. The van der Waals surface area contributed by atoms with Gasteiger partial charge in [-0.05, 0) is 58.7 Å². The van der Waals surface area contributed by atoms with E-state index in [1.54, 1.807) is 11.3 Å². The highest BCUT2D eigenvalue weighted by molar-refractivity contribution is 7.25. The average Bonchev–Trinajstić information content (AvgIpc) is 3.76. The molecule has 0 fully saturated rings. The molecular weight excluding hydrogens is 631 g/mol. The second-order valence-corrected chi connectivity index (χ2v) is 13.5. The van der Waals surface area contributed by atoms with Crippen molar-refractivity contribution in [2.45, 2.75) is 0 Å². The first-order valence-electron chi connectivity index (χ1n) is 16.6. The number of rotatable bonds is 5. The quantitative estimate of drug-likeness (QED) is 0.185. The predicted octanol–water partition coefficient (Wildman–Crippen LogP) is 12.5. The average molecular weight is 658 g/mol. The molecule has 50 heavy (non-hydrogen) atoms. The summed E-state index contributed by atoms with van der Waals surface area (Å²) in [6.45, 7) is 0. The van der Waals surface area contributed by atoms with Crippen LogP contribution < -0.4 is 0 Å². The number of hydrogen-bond donors (Lipinski definition) is 0. The van der Waals surface area contributed by atoms with E-state index in [1.807, 2.05) is 24.3 Å². The second kappa shape index (κ2) is 11.6. The van der Waals surface area contributed by atoms with Gasteiger partial charge in [-0.25, -0.2) is 15.0 Å². The molecule has 7 aromatic carbocycles. The maximum Gasteiger partial charge on any atom is 0.164 e. The molecular formula is C45H27N3OS. The van der Waals surface area contributed by atoms with E-state index in [2.05, 4.69) is 140 Å². The molecule has 0 amide bonds. The van der Waals surface area contributed by atoms with E-state index >= 15 is 0 Å². The minimum absolute atomic E-state index is 0.630. The van der Waals surface area contributed by atoms with E-state index in [9.17, 15) is 0 Å². The number of benzene rings is 7. The molecule has 4 nitrogen and oxygen atoms in total. The fourth-order valence-electron chi connectivity index (χ4n) is 6.81. The van der Waals surface area contributed by atoms with Crippen molar-refractivity contribution in [2.24, 2.45) is 0 Å². The molecule has 0 N–H and O–H groups in total. The van der Waals surface area contributed by atoms with Crippen molar-refractivity contribution in [3.63, 3.8) is 0 Å². The van der Waals surface area contributed by atoms with Gasteiger partial charge in [0.15, 0.2) is 17.5 Å². The third kappa shape index (κ3) is 4.95. The summed E-state index contributed by atoms with van der Waals surface area (Å²) in [5.41, 5.74) is 9.06. The Balaban J connectivity index is 1.08. The van der Waals surface area contributed by atoms with Gasteiger partial charge in [0.2, 0.25) is 0 Å². The van der Waals surface area contributed by atoms with Gasteiger partial charge in [0.25, 0.3) is 0 Å². The van der Waals surface area contributed by atoms with Gasteiger partial charge in [-0.2, -0.15) is 0 Å². The topological polar surface area (TPSA) is 51.8 Å². The third-order valence-corrected chi connectivity index (χ3v) is 10.5. The molecule has 0 saturated heterocycles. The summed E-state index contributed by atoms with van der Waals surface area (Å²) in [6.07, 6.45) is 0. The zero-order valence-electron chi connectivity index (χ0n) is 26.7. The van der Waals surface area contributed by atoms with E-state index in [0.717, 1.165) is 60.9 Å². The fraction of sp³-hybridized carbons (Fsp3) is 0. The second-order valence-electron chi connectivity index (χ2n) is 12.4. The molecule has 10 aromatic rings. The first-order chi connectivity index (χ1) is 24.7. The normalized spacial score (nSPS) is 11.6. The van der Waals surface area contributed by atoms with Crippen molar-refractivity contribution in [1.82, 2.24) is 15.0 Å². The van der Waals surface area contributed by atoms with Gasteiger partial charge in [-0.15, -0.1) is 11.3 Å². The van der Waals surface area contributed by atoms with Crippen LogP contribution in [0, 0.1) is 0 Å². The molecule has 0 aliphatic heterocycles. The molecule has 234 valence electrons. The number of nitrogens with zero attached hydrogens (tertiary/aromatic N) is 3. The van der Waals surface area contributed by atoms with Crippen LogP contribution in [0.4, 0.5) is 0 Å².